The fourth-order valence-corrected chi connectivity index (χ4v) is 3.32. The molecule has 166 valence electrons. The van der Waals surface area contributed by atoms with Gasteiger partial charge in [-0.3, -0.25) is 4.79 Å². The SMILES string of the molecule is Cc1ccc(/C=C/C(=O)OCC(=O)c2cc(C)n(-c3ccc(OC(F)F)cc3)c2C)cc1. The van der Waals surface area contributed by atoms with Crippen molar-refractivity contribution in [2.24, 2.45) is 0 Å². The molecule has 0 aliphatic heterocycles. The molecule has 1 aromatic heterocycles. The van der Waals surface area contributed by atoms with Crippen molar-refractivity contribution in [3.63, 3.8) is 0 Å². The summed E-state index contributed by atoms with van der Waals surface area (Å²) in [5.41, 5.74) is 4.52. The first-order chi connectivity index (χ1) is 15.2. The maximum atomic E-state index is 12.6. The van der Waals surface area contributed by atoms with Gasteiger partial charge < -0.3 is 14.0 Å². The lowest BCUT2D eigenvalue weighted by atomic mass is 10.1. The molecule has 0 aliphatic rings. The molecular formula is C25H23F2NO4. The van der Waals surface area contributed by atoms with Gasteiger partial charge in [0, 0.05) is 28.7 Å². The Balaban J connectivity index is 1.66. The van der Waals surface area contributed by atoms with E-state index in [4.69, 9.17) is 4.74 Å². The third kappa shape index (κ3) is 5.69. The van der Waals surface area contributed by atoms with E-state index in [0.717, 1.165) is 16.8 Å². The van der Waals surface area contributed by atoms with E-state index in [0.29, 0.717) is 16.9 Å². The van der Waals surface area contributed by atoms with E-state index < -0.39 is 12.6 Å². The number of rotatable bonds is 8. The Labute approximate surface area is 184 Å². The highest BCUT2D eigenvalue weighted by Crippen LogP contribution is 2.24. The number of ketones is 1. The van der Waals surface area contributed by atoms with Crippen molar-refractivity contribution in [1.82, 2.24) is 4.57 Å². The van der Waals surface area contributed by atoms with Crippen molar-refractivity contribution in [2.45, 2.75) is 27.4 Å². The number of esters is 1. The molecule has 0 aliphatic carbocycles. The van der Waals surface area contributed by atoms with Gasteiger partial charge in [0.25, 0.3) is 0 Å². The number of hydrogen-bond donors (Lipinski definition) is 0. The monoisotopic (exact) mass is 439 g/mol. The zero-order chi connectivity index (χ0) is 23.3. The largest absolute Gasteiger partial charge is 0.454 e. The molecule has 7 heteroatoms. The summed E-state index contributed by atoms with van der Waals surface area (Å²) in [6.07, 6.45) is 2.91. The molecule has 0 spiro atoms. The topological polar surface area (TPSA) is 57.5 Å². The van der Waals surface area contributed by atoms with E-state index in [1.54, 1.807) is 31.2 Å². The number of carbonyl (C=O) groups excluding carboxylic acids is 2. The lowest BCUT2D eigenvalue weighted by Gasteiger charge is -2.11. The Morgan fingerprint density at radius 2 is 1.66 bits per heavy atom. The summed E-state index contributed by atoms with van der Waals surface area (Å²) in [5.74, 6) is -0.894. The van der Waals surface area contributed by atoms with Crippen molar-refractivity contribution < 1.29 is 27.8 Å². The average Bonchev–Trinajstić information content (AvgIpc) is 3.06. The Hall–Kier alpha value is -3.74. The second-order valence-corrected chi connectivity index (χ2v) is 7.27. The Morgan fingerprint density at radius 3 is 2.28 bits per heavy atom. The molecule has 3 rings (SSSR count). The first kappa shape index (κ1) is 22.9. The van der Waals surface area contributed by atoms with Gasteiger partial charge in [-0.05, 0) is 62.7 Å². The number of aromatic nitrogens is 1. The highest BCUT2D eigenvalue weighted by molar-refractivity contribution is 6.00. The molecule has 32 heavy (non-hydrogen) atoms. The summed E-state index contributed by atoms with van der Waals surface area (Å²) in [5, 5.41) is 0. The standard InChI is InChI=1S/C25H23F2NO4/c1-16-4-6-19(7-5-16)8-13-24(30)31-15-23(29)22-14-17(2)28(18(22)3)20-9-11-21(12-10-20)32-25(26)27/h4-14,25H,15H2,1-3H3/b13-8+. The van der Waals surface area contributed by atoms with Gasteiger partial charge in [0.1, 0.15) is 5.75 Å². The number of halogens is 2. The van der Waals surface area contributed by atoms with Crippen LogP contribution in [0.15, 0.2) is 60.7 Å². The maximum Gasteiger partial charge on any atom is 0.387 e. The molecular weight excluding hydrogens is 416 g/mol. The van der Waals surface area contributed by atoms with Gasteiger partial charge >= 0.3 is 12.6 Å². The number of alkyl halides is 2. The Kier molecular flexibility index (Phi) is 7.20. The van der Waals surface area contributed by atoms with E-state index in [1.165, 1.54) is 18.2 Å². The zero-order valence-corrected chi connectivity index (χ0v) is 18.0. The lowest BCUT2D eigenvalue weighted by Crippen LogP contribution is -2.13. The van der Waals surface area contributed by atoms with E-state index in [1.807, 2.05) is 42.7 Å². The minimum atomic E-state index is -2.89. The molecule has 0 unspecified atom stereocenters. The predicted octanol–water partition coefficient (Wildman–Crippen LogP) is 5.44. The van der Waals surface area contributed by atoms with Crippen molar-refractivity contribution in [3.05, 3.63) is 88.8 Å². The fraction of sp³-hybridized carbons (Fsp3) is 0.200. The molecule has 2 aromatic carbocycles. The number of hydrogen-bond acceptors (Lipinski definition) is 4. The third-order valence-corrected chi connectivity index (χ3v) is 4.89. The number of carbonyl (C=O) groups is 2. The normalized spacial score (nSPS) is 11.2. The Bertz CT molecular complexity index is 1130. The van der Waals surface area contributed by atoms with Crippen LogP contribution in [-0.4, -0.2) is 29.5 Å². The summed E-state index contributed by atoms with van der Waals surface area (Å²) in [4.78, 5) is 24.6. The van der Waals surface area contributed by atoms with E-state index in [2.05, 4.69) is 4.74 Å². The van der Waals surface area contributed by atoms with Gasteiger partial charge in [-0.15, -0.1) is 0 Å². The van der Waals surface area contributed by atoms with Crippen molar-refractivity contribution in [2.75, 3.05) is 6.61 Å². The molecule has 1 heterocycles. The first-order valence-electron chi connectivity index (χ1n) is 9.93. The number of benzene rings is 2. The summed E-state index contributed by atoms with van der Waals surface area (Å²) in [7, 11) is 0. The summed E-state index contributed by atoms with van der Waals surface area (Å²) in [6.45, 7) is 2.28. The first-order valence-corrected chi connectivity index (χ1v) is 9.93. The van der Waals surface area contributed by atoms with Crippen LogP contribution in [0.2, 0.25) is 0 Å². The lowest BCUT2D eigenvalue weighted by molar-refractivity contribution is -0.136. The van der Waals surface area contributed by atoms with Crippen LogP contribution in [0.25, 0.3) is 11.8 Å². The van der Waals surface area contributed by atoms with Gasteiger partial charge in [0.15, 0.2) is 6.61 Å². The third-order valence-electron chi connectivity index (χ3n) is 4.89. The molecule has 0 atom stereocenters. The van der Waals surface area contributed by atoms with E-state index in [9.17, 15) is 18.4 Å². The number of ether oxygens (including phenoxy) is 2. The summed E-state index contributed by atoms with van der Waals surface area (Å²) >= 11 is 0. The zero-order valence-electron chi connectivity index (χ0n) is 18.0. The summed E-state index contributed by atoms with van der Waals surface area (Å²) in [6, 6.07) is 15.5. The van der Waals surface area contributed by atoms with Gasteiger partial charge in [0.2, 0.25) is 5.78 Å². The van der Waals surface area contributed by atoms with Crippen LogP contribution in [0.4, 0.5) is 8.78 Å². The minimum Gasteiger partial charge on any atom is -0.454 e. The highest BCUT2D eigenvalue weighted by Gasteiger charge is 2.18. The van der Waals surface area contributed by atoms with E-state index >= 15 is 0 Å². The molecule has 5 nitrogen and oxygen atoms in total. The molecule has 0 saturated carbocycles. The van der Waals surface area contributed by atoms with Crippen molar-refractivity contribution in [1.29, 1.82) is 0 Å². The van der Waals surface area contributed by atoms with Gasteiger partial charge in [-0.1, -0.05) is 29.8 Å². The van der Waals surface area contributed by atoms with Crippen LogP contribution in [0.1, 0.15) is 32.9 Å². The molecule has 0 N–H and O–H groups in total. The van der Waals surface area contributed by atoms with Crippen LogP contribution in [0.5, 0.6) is 5.75 Å². The number of Topliss-reactive ketones (excluding diaryl/α,β-unsaturated/α-hetero) is 1. The molecule has 3 aromatic rings. The van der Waals surface area contributed by atoms with Crippen molar-refractivity contribution >= 4 is 17.8 Å². The Morgan fingerprint density at radius 1 is 1.00 bits per heavy atom. The second-order valence-electron chi connectivity index (χ2n) is 7.27. The van der Waals surface area contributed by atoms with Gasteiger partial charge in [-0.25, -0.2) is 4.79 Å². The predicted molar refractivity (Wildman–Crippen MR) is 117 cm³/mol. The summed E-state index contributed by atoms with van der Waals surface area (Å²) < 4.78 is 36.0. The van der Waals surface area contributed by atoms with Gasteiger partial charge in [0.05, 0.1) is 0 Å². The number of aryl methyl sites for hydroxylation is 2. The minimum absolute atomic E-state index is 0.0492. The quantitative estimate of drug-likeness (QED) is 0.266. The van der Waals surface area contributed by atoms with Crippen LogP contribution in [0, 0.1) is 20.8 Å². The molecule has 0 radical (unpaired) electrons. The van der Waals surface area contributed by atoms with Crippen LogP contribution in [0.3, 0.4) is 0 Å². The van der Waals surface area contributed by atoms with Crippen LogP contribution < -0.4 is 4.74 Å². The van der Waals surface area contributed by atoms with Gasteiger partial charge in [-0.2, -0.15) is 8.78 Å². The molecule has 0 bridgehead atoms. The average molecular weight is 439 g/mol. The molecule has 0 amide bonds. The maximum absolute atomic E-state index is 12.6. The highest BCUT2D eigenvalue weighted by atomic mass is 19.3. The number of nitrogens with zero attached hydrogens (tertiary/aromatic N) is 1. The molecule has 0 saturated heterocycles. The fourth-order valence-electron chi connectivity index (χ4n) is 3.32. The molecule has 0 fully saturated rings. The van der Waals surface area contributed by atoms with Crippen LogP contribution in [-0.2, 0) is 9.53 Å². The van der Waals surface area contributed by atoms with Crippen molar-refractivity contribution in [3.8, 4) is 11.4 Å². The smallest absolute Gasteiger partial charge is 0.387 e. The van der Waals surface area contributed by atoms with E-state index in [-0.39, 0.29) is 18.1 Å². The van der Waals surface area contributed by atoms with Crippen LogP contribution >= 0.6 is 0 Å². The second kappa shape index (κ2) is 10.0.